The molecule has 10 heteroatoms. The first-order chi connectivity index (χ1) is 11.6. The second kappa shape index (κ2) is 10.9. The minimum atomic E-state index is -4.76. The first-order valence-electron chi connectivity index (χ1n) is 7.70. The van der Waals surface area contributed by atoms with Crippen LogP contribution in [0.15, 0.2) is 24.3 Å². The van der Waals surface area contributed by atoms with Crippen LogP contribution < -0.4 is 10.1 Å². The van der Waals surface area contributed by atoms with E-state index in [0.29, 0.717) is 18.5 Å². The van der Waals surface area contributed by atoms with Crippen molar-refractivity contribution < 1.29 is 32.6 Å². The van der Waals surface area contributed by atoms with E-state index in [1.165, 1.54) is 29.2 Å². The van der Waals surface area contributed by atoms with Crippen molar-refractivity contribution in [2.45, 2.75) is 32.7 Å². The van der Waals surface area contributed by atoms with Crippen LogP contribution in [-0.2, 0) is 9.59 Å². The third-order valence-electron chi connectivity index (χ3n) is 3.26. The van der Waals surface area contributed by atoms with Crippen molar-refractivity contribution in [3.05, 3.63) is 29.8 Å². The molecule has 0 saturated heterocycles. The van der Waals surface area contributed by atoms with Crippen LogP contribution in [0.25, 0.3) is 0 Å². The molecule has 1 aromatic rings. The molecule has 0 bridgehead atoms. The zero-order valence-electron chi connectivity index (χ0n) is 14.4. The monoisotopic (exact) mass is 398 g/mol. The Labute approximate surface area is 155 Å². The summed E-state index contributed by atoms with van der Waals surface area (Å²) < 4.78 is 40.1. The molecule has 6 nitrogen and oxygen atoms in total. The first kappa shape index (κ1) is 24.0. The van der Waals surface area contributed by atoms with Crippen molar-refractivity contribution in [1.29, 1.82) is 0 Å². The number of halogens is 4. The van der Waals surface area contributed by atoms with Crippen LogP contribution in [0.1, 0.15) is 31.9 Å². The van der Waals surface area contributed by atoms with E-state index >= 15 is 0 Å². The Morgan fingerprint density at radius 2 is 1.81 bits per heavy atom. The number of aliphatic carboxylic acids is 1. The van der Waals surface area contributed by atoms with E-state index < -0.39 is 18.4 Å². The Morgan fingerprint density at radius 3 is 2.27 bits per heavy atom. The predicted molar refractivity (Wildman–Crippen MR) is 91.3 cm³/mol. The van der Waals surface area contributed by atoms with Crippen LogP contribution in [0, 0.1) is 0 Å². The number of alkyl halides is 3. The molecule has 0 fully saturated rings. The number of carbonyl (C=O) groups excluding carboxylic acids is 1. The van der Waals surface area contributed by atoms with Gasteiger partial charge >= 0.3 is 12.3 Å². The van der Waals surface area contributed by atoms with Crippen molar-refractivity contribution in [2.75, 3.05) is 19.6 Å². The van der Waals surface area contributed by atoms with Crippen LogP contribution in [-0.4, -0.2) is 47.9 Å². The molecule has 0 aliphatic heterocycles. The standard InChI is InChI=1S/C16H21F3N2O4.ClH/c1-3-8-21(10-15(23)24)9-14(22)20-11(2)12-4-6-13(7-5-12)25-16(17,18)19;/h4-7,11H,3,8-10H2,1-2H3,(H,20,22)(H,23,24);1H. The minimum Gasteiger partial charge on any atom is -0.480 e. The number of carboxylic acid groups (broad SMARTS) is 1. The van der Waals surface area contributed by atoms with Crippen LogP contribution in [0.3, 0.4) is 0 Å². The molecule has 1 unspecified atom stereocenters. The topological polar surface area (TPSA) is 78.9 Å². The highest BCUT2D eigenvalue weighted by molar-refractivity contribution is 5.85. The van der Waals surface area contributed by atoms with Crippen molar-refractivity contribution in [3.8, 4) is 5.75 Å². The van der Waals surface area contributed by atoms with Gasteiger partial charge in [0.05, 0.1) is 19.1 Å². The fourth-order valence-electron chi connectivity index (χ4n) is 2.25. The van der Waals surface area contributed by atoms with E-state index in [9.17, 15) is 22.8 Å². The quantitative estimate of drug-likeness (QED) is 0.668. The number of nitrogens with zero attached hydrogens (tertiary/aromatic N) is 1. The number of carbonyl (C=O) groups is 2. The molecule has 0 heterocycles. The lowest BCUT2D eigenvalue weighted by Gasteiger charge is -2.21. The number of hydrogen-bond donors (Lipinski definition) is 2. The van der Waals surface area contributed by atoms with Crippen LogP contribution in [0.4, 0.5) is 13.2 Å². The number of ether oxygens (including phenoxy) is 1. The Hall–Kier alpha value is -2.00. The van der Waals surface area contributed by atoms with Gasteiger partial charge in [-0.1, -0.05) is 19.1 Å². The summed E-state index contributed by atoms with van der Waals surface area (Å²) >= 11 is 0. The minimum absolute atomic E-state index is 0. The molecule has 26 heavy (non-hydrogen) atoms. The fourth-order valence-corrected chi connectivity index (χ4v) is 2.25. The normalized spacial score (nSPS) is 12.2. The second-order valence-corrected chi connectivity index (χ2v) is 5.51. The molecule has 1 atom stereocenters. The summed E-state index contributed by atoms with van der Waals surface area (Å²) in [6.07, 6.45) is -4.05. The molecule has 1 rings (SSSR count). The average Bonchev–Trinajstić information content (AvgIpc) is 2.45. The van der Waals surface area contributed by atoms with Gasteiger partial charge in [-0.25, -0.2) is 0 Å². The summed E-state index contributed by atoms with van der Waals surface area (Å²) in [6.45, 7) is 3.72. The molecule has 0 aliphatic carbocycles. The van der Waals surface area contributed by atoms with Gasteiger partial charge in [-0.05, 0) is 37.6 Å². The van der Waals surface area contributed by atoms with Gasteiger partial charge in [0, 0.05) is 0 Å². The number of amides is 1. The summed E-state index contributed by atoms with van der Waals surface area (Å²) in [5, 5.41) is 11.5. The predicted octanol–water partition coefficient (Wildman–Crippen LogP) is 2.98. The maximum absolute atomic E-state index is 12.1. The maximum atomic E-state index is 12.1. The molecule has 0 spiro atoms. The lowest BCUT2D eigenvalue weighted by atomic mass is 10.1. The highest BCUT2D eigenvalue weighted by Gasteiger charge is 2.31. The number of hydrogen-bond acceptors (Lipinski definition) is 4. The molecule has 0 saturated carbocycles. The van der Waals surface area contributed by atoms with E-state index in [1.54, 1.807) is 6.92 Å². The summed E-state index contributed by atoms with van der Waals surface area (Å²) in [7, 11) is 0. The van der Waals surface area contributed by atoms with E-state index in [0.717, 1.165) is 0 Å². The third-order valence-corrected chi connectivity index (χ3v) is 3.26. The summed E-state index contributed by atoms with van der Waals surface area (Å²) in [5.74, 6) is -1.72. The van der Waals surface area contributed by atoms with Gasteiger partial charge in [0.1, 0.15) is 5.75 Å². The van der Waals surface area contributed by atoms with E-state index in [4.69, 9.17) is 5.11 Å². The Bertz CT molecular complexity index is 582. The molecule has 1 amide bonds. The Kier molecular flexibility index (Phi) is 10.0. The van der Waals surface area contributed by atoms with E-state index in [2.05, 4.69) is 10.1 Å². The molecule has 2 N–H and O–H groups in total. The highest BCUT2D eigenvalue weighted by Crippen LogP contribution is 2.24. The van der Waals surface area contributed by atoms with E-state index in [-0.39, 0.29) is 37.2 Å². The zero-order chi connectivity index (χ0) is 19.0. The van der Waals surface area contributed by atoms with Crippen LogP contribution >= 0.6 is 12.4 Å². The van der Waals surface area contributed by atoms with Gasteiger partial charge in [0.2, 0.25) is 5.91 Å². The van der Waals surface area contributed by atoms with Gasteiger partial charge in [0.15, 0.2) is 0 Å². The number of benzene rings is 1. The smallest absolute Gasteiger partial charge is 0.480 e. The van der Waals surface area contributed by atoms with Crippen molar-refractivity contribution in [1.82, 2.24) is 10.2 Å². The molecule has 0 radical (unpaired) electrons. The van der Waals surface area contributed by atoms with Crippen molar-refractivity contribution >= 4 is 24.3 Å². The molecular weight excluding hydrogens is 377 g/mol. The van der Waals surface area contributed by atoms with Crippen molar-refractivity contribution in [2.24, 2.45) is 0 Å². The van der Waals surface area contributed by atoms with Gasteiger partial charge in [0.25, 0.3) is 0 Å². The Morgan fingerprint density at radius 1 is 1.23 bits per heavy atom. The molecular formula is C16H22ClF3N2O4. The lowest BCUT2D eigenvalue weighted by molar-refractivity contribution is -0.274. The van der Waals surface area contributed by atoms with Crippen LogP contribution in [0.5, 0.6) is 5.75 Å². The zero-order valence-corrected chi connectivity index (χ0v) is 15.2. The molecule has 148 valence electrons. The van der Waals surface area contributed by atoms with Crippen molar-refractivity contribution in [3.63, 3.8) is 0 Å². The average molecular weight is 399 g/mol. The molecule has 0 aromatic heterocycles. The van der Waals surface area contributed by atoms with Gasteiger partial charge in [-0.3, -0.25) is 14.5 Å². The first-order valence-corrected chi connectivity index (χ1v) is 7.70. The van der Waals surface area contributed by atoms with E-state index in [1.807, 2.05) is 6.92 Å². The van der Waals surface area contributed by atoms with Gasteiger partial charge in [-0.15, -0.1) is 25.6 Å². The Balaban J connectivity index is 0.00000625. The summed E-state index contributed by atoms with van der Waals surface area (Å²) in [4.78, 5) is 24.3. The van der Waals surface area contributed by atoms with Gasteiger partial charge in [-0.2, -0.15) is 0 Å². The SMILES string of the molecule is CCCN(CC(=O)O)CC(=O)NC(C)c1ccc(OC(F)(F)F)cc1.Cl. The fraction of sp³-hybridized carbons (Fsp3) is 0.500. The van der Waals surface area contributed by atoms with Gasteiger partial charge < -0.3 is 15.2 Å². The van der Waals surface area contributed by atoms with Crippen LogP contribution in [0.2, 0.25) is 0 Å². The maximum Gasteiger partial charge on any atom is 0.573 e. The largest absolute Gasteiger partial charge is 0.573 e. The number of carboxylic acids is 1. The second-order valence-electron chi connectivity index (χ2n) is 5.51. The molecule has 0 aliphatic rings. The lowest BCUT2D eigenvalue weighted by Crippen LogP contribution is -2.40. The third kappa shape index (κ3) is 9.47. The summed E-state index contributed by atoms with van der Waals surface area (Å²) in [6, 6.07) is 4.74. The molecule has 1 aromatic carbocycles. The highest BCUT2D eigenvalue weighted by atomic mass is 35.5. The number of nitrogens with one attached hydrogen (secondary N) is 1. The number of rotatable bonds is 9. The summed E-state index contributed by atoms with van der Waals surface area (Å²) in [5.41, 5.74) is 0.600.